The summed E-state index contributed by atoms with van der Waals surface area (Å²) in [4.78, 5) is 0. The summed E-state index contributed by atoms with van der Waals surface area (Å²) in [5.41, 5.74) is 0.358. The van der Waals surface area contributed by atoms with E-state index in [0.717, 1.165) is 5.92 Å². The molecule has 1 saturated carbocycles. The summed E-state index contributed by atoms with van der Waals surface area (Å²) in [5, 5.41) is 0. The molecule has 0 aromatic rings. The van der Waals surface area contributed by atoms with Crippen LogP contribution in [0.3, 0.4) is 0 Å². The Morgan fingerprint density at radius 3 is 2.18 bits per heavy atom. The molecule has 1 heterocycles. The number of hydrogen-bond donors (Lipinski definition) is 0. The smallest absolute Gasteiger partial charge is 0.0630 e. The van der Waals surface area contributed by atoms with Crippen LogP contribution < -0.4 is 0 Å². The van der Waals surface area contributed by atoms with Crippen LogP contribution in [-0.2, 0) is 4.74 Å². The molecular formula is C10H18O. The number of rotatable bonds is 0. The molecule has 0 N–H and O–H groups in total. The van der Waals surface area contributed by atoms with Crippen molar-refractivity contribution in [3.05, 3.63) is 0 Å². The van der Waals surface area contributed by atoms with Gasteiger partial charge in [0.2, 0.25) is 0 Å². The lowest BCUT2D eigenvalue weighted by Gasteiger charge is -2.28. The van der Waals surface area contributed by atoms with Crippen LogP contribution in [0.4, 0.5) is 0 Å². The molecular weight excluding hydrogens is 136 g/mol. The highest BCUT2D eigenvalue weighted by Gasteiger charge is 2.45. The first-order valence-corrected chi connectivity index (χ1v) is 4.73. The van der Waals surface area contributed by atoms with E-state index in [1.807, 2.05) is 0 Å². The standard InChI is InChI=1S/C10H18O/c1-10(2,3)9-6-7-4-5-8(7)11-9/h7-9H,4-6H2,1-3H3. The summed E-state index contributed by atoms with van der Waals surface area (Å²) in [5.74, 6) is 0.916. The largest absolute Gasteiger partial charge is 0.374 e. The molecule has 2 aliphatic rings. The van der Waals surface area contributed by atoms with Crippen LogP contribution in [0.15, 0.2) is 0 Å². The molecule has 0 aromatic heterocycles. The van der Waals surface area contributed by atoms with E-state index in [0.29, 0.717) is 17.6 Å². The monoisotopic (exact) mass is 154 g/mol. The third kappa shape index (κ3) is 1.20. The van der Waals surface area contributed by atoms with Gasteiger partial charge in [-0.15, -0.1) is 0 Å². The summed E-state index contributed by atoms with van der Waals surface area (Å²) in [6.45, 7) is 6.84. The Balaban J connectivity index is 1.98. The van der Waals surface area contributed by atoms with E-state index in [4.69, 9.17) is 4.74 Å². The van der Waals surface area contributed by atoms with E-state index in [1.165, 1.54) is 19.3 Å². The molecule has 3 atom stereocenters. The minimum Gasteiger partial charge on any atom is -0.374 e. The third-order valence-corrected chi connectivity index (χ3v) is 3.17. The fourth-order valence-corrected chi connectivity index (χ4v) is 2.09. The number of ether oxygens (including phenoxy) is 1. The molecule has 64 valence electrons. The van der Waals surface area contributed by atoms with E-state index in [1.54, 1.807) is 0 Å². The van der Waals surface area contributed by atoms with E-state index >= 15 is 0 Å². The predicted molar refractivity (Wildman–Crippen MR) is 45.5 cm³/mol. The Labute approximate surface area is 69.1 Å². The first-order valence-electron chi connectivity index (χ1n) is 4.73. The average Bonchev–Trinajstić information content (AvgIpc) is 2.06. The first-order chi connectivity index (χ1) is 5.07. The lowest BCUT2D eigenvalue weighted by Crippen LogP contribution is -2.28. The Hall–Kier alpha value is -0.0400. The van der Waals surface area contributed by atoms with Crippen molar-refractivity contribution in [1.29, 1.82) is 0 Å². The fraction of sp³-hybridized carbons (Fsp3) is 1.00. The lowest BCUT2D eigenvalue weighted by atomic mass is 9.78. The molecule has 1 aliphatic carbocycles. The van der Waals surface area contributed by atoms with Gasteiger partial charge in [-0.3, -0.25) is 0 Å². The van der Waals surface area contributed by atoms with Crippen molar-refractivity contribution in [1.82, 2.24) is 0 Å². The summed E-state index contributed by atoms with van der Waals surface area (Å²) < 4.78 is 5.92. The van der Waals surface area contributed by atoms with Crippen molar-refractivity contribution < 1.29 is 4.74 Å². The second kappa shape index (κ2) is 2.22. The van der Waals surface area contributed by atoms with Crippen LogP contribution in [0.5, 0.6) is 0 Å². The second-order valence-corrected chi connectivity index (χ2v) is 5.10. The normalized spacial score (nSPS) is 43.4. The molecule has 0 bridgehead atoms. The van der Waals surface area contributed by atoms with Gasteiger partial charge in [-0.1, -0.05) is 20.8 Å². The minimum absolute atomic E-state index is 0.358. The summed E-state index contributed by atoms with van der Waals surface area (Å²) in [7, 11) is 0. The van der Waals surface area contributed by atoms with Gasteiger partial charge in [0.05, 0.1) is 12.2 Å². The van der Waals surface area contributed by atoms with Gasteiger partial charge in [-0.05, 0) is 30.6 Å². The summed E-state index contributed by atoms with van der Waals surface area (Å²) >= 11 is 0. The molecule has 1 nitrogen and oxygen atoms in total. The molecule has 0 amide bonds. The van der Waals surface area contributed by atoms with Crippen LogP contribution >= 0.6 is 0 Å². The van der Waals surface area contributed by atoms with Crippen LogP contribution in [0.25, 0.3) is 0 Å². The number of fused-ring (bicyclic) bond motifs is 1. The van der Waals surface area contributed by atoms with Crippen molar-refractivity contribution >= 4 is 0 Å². The van der Waals surface area contributed by atoms with Gasteiger partial charge in [-0.2, -0.15) is 0 Å². The van der Waals surface area contributed by atoms with Crippen molar-refractivity contribution in [3.8, 4) is 0 Å². The third-order valence-electron chi connectivity index (χ3n) is 3.17. The zero-order valence-electron chi connectivity index (χ0n) is 7.76. The molecule has 0 aromatic carbocycles. The van der Waals surface area contributed by atoms with E-state index in [9.17, 15) is 0 Å². The SMILES string of the molecule is CC(C)(C)C1CC2CCC2O1. The highest BCUT2D eigenvalue weighted by atomic mass is 16.5. The van der Waals surface area contributed by atoms with Gasteiger partial charge in [0.1, 0.15) is 0 Å². The van der Waals surface area contributed by atoms with Crippen molar-refractivity contribution in [2.75, 3.05) is 0 Å². The zero-order valence-corrected chi connectivity index (χ0v) is 7.76. The molecule has 0 radical (unpaired) electrons. The van der Waals surface area contributed by atoms with Crippen LogP contribution in [0.1, 0.15) is 40.0 Å². The zero-order chi connectivity index (χ0) is 8.06. The van der Waals surface area contributed by atoms with Crippen LogP contribution in [0.2, 0.25) is 0 Å². The maximum atomic E-state index is 5.92. The molecule has 1 heteroatoms. The highest BCUT2D eigenvalue weighted by molar-refractivity contribution is 4.93. The molecule has 0 spiro atoms. The Kier molecular flexibility index (Phi) is 1.54. The van der Waals surface area contributed by atoms with Crippen LogP contribution in [-0.4, -0.2) is 12.2 Å². The Morgan fingerprint density at radius 1 is 1.18 bits per heavy atom. The molecule has 1 aliphatic heterocycles. The summed E-state index contributed by atoms with van der Waals surface area (Å²) in [6.07, 6.45) is 5.21. The quantitative estimate of drug-likeness (QED) is 0.521. The lowest BCUT2D eigenvalue weighted by molar-refractivity contribution is -0.0440. The van der Waals surface area contributed by atoms with Crippen molar-refractivity contribution in [2.45, 2.75) is 52.2 Å². The first kappa shape index (κ1) is 7.60. The predicted octanol–water partition coefficient (Wildman–Crippen LogP) is 2.60. The molecule has 2 rings (SSSR count). The molecule has 2 fully saturated rings. The van der Waals surface area contributed by atoms with Crippen molar-refractivity contribution in [2.24, 2.45) is 11.3 Å². The van der Waals surface area contributed by atoms with Crippen molar-refractivity contribution in [3.63, 3.8) is 0 Å². The van der Waals surface area contributed by atoms with E-state index < -0.39 is 0 Å². The van der Waals surface area contributed by atoms with Gasteiger partial charge >= 0.3 is 0 Å². The Bertz CT molecular complexity index is 145. The fourth-order valence-electron chi connectivity index (χ4n) is 2.09. The van der Waals surface area contributed by atoms with Gasteiger partial charge in [0, 0.05) is 0 Å². The van der Waals surface area contributed by atoms with E-state index in [-0.39, 0.29) is 0 Å². The maximum Gasteiger partial charge on any atom is 0.0630 e. The maximum absolute atomic E-state index is 5.92. The average molecular weight is 154 g/mol. The van der Waals surface area contributed by atoms with Gasteiger partial charge < -0.3 is 4.74 Å². The van der Waals surface area contributed by atoms with Gasteiger partial charge in [0.15, 0.2) is 0 Å². The molecule has 11 heavy (non-hydrogen) atoms. The van der Waals surface area contributed by atoms with Crippen LogP contribution in [0, 0.1) is 11.3 Å². The second-order valence-electron chi connectivity index (χ2n) is 5.10. The topological polar surface area (TPSA) is 9.23 Å². The molecule has 3 unspecified atom stereocenters. The highest BCUT2D eigenvalue weighted by Crippen LogP contribution is 2.46. The number of hydrogen-bond acceptors (Lipinski definition) is 1. The van der Waals surface area contributed by atoms with Gasteiger partial charge in [-0.25, -0.2) is 0 Å². The minimum atomic E-state index is 0.358. The van der Waals surface area contributed by atoms with E-state index in [2.05, 4.69) is 20.8 Å². The Morgan fingerprint density at radius 2 is 1.91 bits per heavy atom. The summed E-state index contributed by atoms with van der Waals surface area (Å²) in [6, 6.07) is 0. The molecule has 1 saturated heterocycles. The van der Waals surface area contributed by atoms with Gasteiger partial charge in [0.25, 0.3) is 0 Å².